The summed E-state index contributed by atoms with van der Waals surface area (Å²) in [6, 6.07) is 10.2. The highest BCUT2D eigenvalue weighted by atomic mass is 79.9. The Kier molecular flexibility index (Phi) is 5.71. The highest BCUT2D eigenvalue weighted by Gasteiger charge is 2.26. The number of pyridine rings is 1. The van der Waals surface area contributed by atoms with Crippen LogP contribution in [0, 0.1) is 0 Å². The zero-order chi connectivity index (χ0) is 20.5. The molecular formula is C19H14Br2ClN5O2. The Labute approximate surface area is 188 Å². The van der Waals surface area contributed by atoms with E-state index in [1.54, 1.807) is 42.6 Å². The molecule has 0 atom stereocenters. The number of nitrogens with zero attached hydrogens (tertiary/aromatic N) is 3. The Morgan fingerprint density at radius 1 is 1.14 bits per heavy atom. The molecule has 148 valence electrons. The van der Waals surface area contributed by atoms with Gasteiger partial charge in [0.15, 0.2) is 5.82 Å². The van der Waals surface area contributed by atoms with Crippen molar-refractivity contribution in [2.24, 2.45) is 0 Å². The minimum Gasteiger partial charge on any atom is -0.349 e. The number of carbonyl (C=O) groups excluding carboxylic acids is 2. The van der Waals surface area contributed by atoms with Crippen molar-refractivity contribution in [3.05, 3.63) is 68.0 Å². The van der Waals surface area contributed by atoms with Crippen LogP contribution in [0.2, 0.25) is 5.02 Å². The average Bonchev–Trinajstić information content (AvgIpc) is 3.42. The zero-order valence-electron chi connectivity index (χ0n) is 14.8. The van der Waals surface area contributed by atoms with Crippen molar-refractivity contribution in [2.75, 3.05) is 5.32 Å². The molecular weight excluding hydrogens is 526 g/mol. The van der Waals surface area contributed by atoms with Crippen LogP contribution in [-0.4, -0.2) is 32.6 Å². The largest absolute Gasteiger partial charge is 0.349 e. The summed E-state index contributed by atoms with van der Waals surface area (Å²) in [6.45, 7) is 0. The molecule has 3 aromatic rings. The highest BCUT2D eigenvalue weighted by molar-refractivity contribution is 9.10. The van der Waals surface area contributed by atoms with E-state index in [1.165, 1.54) is 4.68 Å². The topological polar surface area (TPSA) is 88.9 Å². The third-order valence-corrected chi connectivity index (χ3v) is 5.41. The van der Waals surface area contributed by atoms with Crippen LogP contribution in [0.5, 0.6) is 0 Å². The van der Waals surface area contributed by atoms with Crippen LogP contribution in [0.4, 0.5) is 5.69 Å². The van der Waals surface area contributed by atoms with Crippen molar-refractivity contribution in [1.82, 2.24) is 20.1 Å². The van der Waals surface area contributed by atoms with Gasteiger partial charge in [0.2, 0.25) is 0 Å². The predicted octanol–water partition coefficient (Wildman–Crippen LogP) is 4.59. The number of hydrogen-bond acceptors (Lipinski definition) is 4. The van der Waals surface area contributed by atoms with Crippen LogP contribution in [0.15, 0.2) is 51.7 Å². The molecule has 2 aromatic heterocycles. The standard InChI is InChI=1S/C19H14Br2ClN5O2/c20-10-3-6-14(12(8-10)18(28)24-11-4-5-11)25-19(29)15-9-16(21)26-27(15)17-13(22)2-1-7-23-17/h1-3,6-9,11H,4-5H2,(H,24,28)(H,25,29). The van der Waals surface area contributed by atoms with Gasteiger partial charge in [-0.15, -0.1) is 0 Å². The first-order valence-corrected chi connectivity index (χ1v) is 10.7. The smallest absolute Gasteiger partial charge is 0.274 e. The van der Waals surface area contributed by atoms with Gasteiger partial charge in [-0.3, -0.25) is 9.59 Å². The normalized spacial score (nSPS) is 13.2. The monoisotopic (exact) mass is 537 g/mol. The summed E-state index contributed by atoms with van der Waals surface area (Å²) < 4.78 is 2.54. The van der Waals surface area contributed by atoms with Crippen LogP contribution in [-0.2, 0) is 0 Å². The lowest BCUT2D eigenvalue weighted by Gasteiger charge is -2.13. The highest BCUT2D eigenvalue weighted by Crippen LogP contribution is 2.26. The van der Waals surface area contributed by atoms with E-state index in [0.29, 0.717) is 26.7 Å². The maximum Gasteiger partial charge on any atom is 0.274 e. The summed E-state index contributed by atoms with van der Waals surface area (Å²) >= 11 is 12.9. The molecule has 0 saturated heterocycles. The predicted molar refractivity (Wildman–Crippen MR) is 117 cm³/mol. The number of benzene rings is 1. The lowest BCUT2D eigenvalue weighted by Crippen LogP contribution is -2.27. The van der Waals surface area contributed by atoms with Crippen LogP contribution in [0.1, 0.15) is 33.7 Å². The Morgan fingerprint density at radius 3 is 2.66 bits per heavy atom. The molecule has 1 saturated carbocycles. The van der Waals surface area contributed by atoms with E-state index in [2.05, 4.69) is 52.6 Å². The molecule has 0 spiro atoms. The first kappa shape index (κ1) is 20.1. The minimum absolute atomic E-state index is 0.203. The second-order valence-electron chi connectivity index (χ2n) is 6.46. The van der Waals surface area contributed by atoms with Gasteiger partial charge in [0.1, 0.15) is 10.3 Å². The van der Waals surface area contributed by atoms with E-state index in [-0.39, 0.29) is 17.6 Å². The molecule has 4 rings (SSSR count). The van der Waals surface area contributed by atoms with Gasteiger partial charge in [-0.25, -0.2) is 9.67 Å². The quantitative estimate of drug-likeness (QED) is 0.497. The first-order valence-electron chi connectivity index (χ1n) is 8.70. The fourth-order valence-electron chi connectivity index (χ4n) is 2.70. The average molecular weight is 540 g/mol. The van der Waals surface area contributed by atoms with Crippen molar-refractivity contribution in [1.29, 1.82) is 0 Å². The molecule has 0 radical (unpaired) electrons. The molecule has 2 N–H and O–H groups in total. The Morgan fingerprint density at radius 2 is 1.93 bits per heavy atom. The van der Waals surface area contributed by atoms with Gasteiger partial charge in [-0.2, -0.15) is 5.10 Å². The maximum absolute atomic E-state index is 13.0. The fraction of sp³-hybridized carbons (Fsp3) is 0.158. The molecule has 0 unspecified atom stereocenters. The Bertz CT molecular complexity index is 1110. The molecule has 1 aromatic carbocycles. The third-order valence-electron chi connectivity index (χ3n) is 4.24. The van der Waals surface area contributed by atoms with Gasteiger partial charge < -0.3 is 10.6 Å². The van der Waals surface area contributed by atoms with E-state index in [9.17, 15) is 9.59 Å². The fourth-order valence-corrected chi connectivity index (χ4v) is 3.64. The third kappa shape index (κ3) is 4.52. The maximum atomic E-state index is 13.0. The number of anilines is 1. The van der Waals surface area contributed by atoms with Crippen LogP contribution >= 0.6 is 43.5 Å². The van der Waals surface area contributed by atoms with E-state index in [4.69, 9.17) is 11.6 Å². The summed E-state index contributed by atoms with van der Waals surface area (Å²) in [5.74, 6) is -0.355. The number of amides is 2. The summed E-state index contributed by atoms with van der Waals surface area (Å²) in [5, 5.41) is 10.3. The SMILES string of the molecule is O=C(NC1CC1)c1cc(Br)ccc1NC(=O)c1cc(Br)nn1-c1ncccc1Cl. The lowest BCUT2D eigenvalue weighted by atomic mass is 10.1. The summed E-state index contributed by atoms with van der Waals surface area (Å²) in [4.78, 5) is 29.8. The number of carbonyl (C=O) groups is 2. The molecule has 0 bridgehead atoms. The Balaban J connectivity index is 1.66. The number of aromatic nitrogens is 3. The van der Waals surface area contributed by atoms with Crippen molar-refractivity contribution < 1.29 is 9.59 Å². The van der Waals surface area contributed by atoms with Gasteiger partial charge in [0.05, 0.1) is 16.3 Å². The van der Waals surface area contributed by atoms with E-state index < -0.39 is 5.91 Å². The van der Waals surface area contributed by atoms with Crippen molar-refractivity contribution >= 4 is 61.0 Å². The molecule has 1 aliphatic rings. The van der Waals surface area contributed by atoms with Crippen LogP contribution in [0.25, 0.3) is 5.82 Å². The zero-order valence-corrected chi connectivity index (χ0v) is 18.8. The van der Waals surface area contributed by atoms with E-state index in [1.807, 2.05) is 0 Å². The number of nitrogens with one attached hydrogen (secondary N) is 2. The minimum atomic E-state index is -0.451. The molecule has 0 aliphatic heterocycles. The van der Waals surface area contributed by atoms with Crippen LogP contribution < -0.4 is 10.6 Å². The molecule has 1 aliphatic carbocycles. The summed E-state index contributed by atoms with van der Waals surface area (Å²) in [5.41, 5.74) is 0.988. The molecule has 1 fully saturated rings. The van der Waals surface area contributed by atoms with Gasteiger partial charge >= 0.3 is 0 Å². The lowest BCUT2D eigenvalue weighted by molar-refractivity contribution is 0.0952. The van der Waals surface area contributed by atoms with E-state index in [0.717, 1.165) is 17.3 Å². The second kappa shape index (κ2) is 8.25. The van der Waals surface area contributed by atoms with Crippen LogP contribution in [0.3, 0.4) is 0 Å². The number of hydrogen-bond donors (Lipinski definition) is 2. The molecule has 2 amide bonds. The van der Waals surface area contributed by atoms with Crippen molar-refractivity contribution in [3.8, 4) is 5.82 Å². The molecule has 29 heavy (non-hydrogen) atoms. The van der Waals surface area contributed by atoms with Gasteiger partial charge in [-0.05, 0) is 59.1 Å². The summed E-state index contributed by atoms with van der Waals surface area (Å²) in [7, 11) is 0. The first-order chi connectivity index (χ1) is 13.9. The molecule has 10 heteroatoms. The van der Waals surface area contributed by atoms with Crippen molar-refractivity contribution in [3.63, 3.8) is 0 Å². The molecule has 2 heterocycles. The van der Waals surface area contributed by atoms with Gasteiger partial charge in [0, 0.05) is 22.8 Å². The van der Waals surface area contributed by atoms with Crippen molar-refractivity contribution in [2.45, 2.75) is 18.9 Å². The summed E-state index contributed by atoms with van der Waals surface area (Å²) in [6.07, 6.45) is 3.51. The van der Waals surface area contributed by atoms with Gasteiger partial charge in [0.25, 0.3) is 11.8 Å². The number of halogens is 3. The van der Waals surface area contributed by atoms with E-state index >= 15 is 0 Å². The Hall–Kier alpha value is -2.23. The van der Waals surface area contributed by atoms with Gasteiger partial charge in [-0.1, -0.05) is 27.5 Å². The molecule has 7 nitrogen and oxygen atoms in total. The second-order valence-corrected chi connectivity index (χ2v) is 8.60. The number of rotatable bonds is 5.